The molecule has 3 aromatic rings. The summed E-state index contributed by atoms with van der Waals surface area (Å²) < 4.78 is 12.6. The Morgan fingerprint density at radius 1 is 1.20 bits per heavy atom. The first-order valence-electron chi connectivity index (χ1n) is 9.34. The number of hydrogen-bond acceptors (Lipinski definition) is 6. The minimum absolute atomic E-state index is 0.178. The first-order valence-corrected chi connectivity index (χ1v) is 9.34. The van der Waals surface area contributed by atoms with Gasteiger partial charge >= 0.3 is 0 Å². The van der Waals surface area contributed by atoms with Crippen LogP contribution in [0.1, 0.15) is 21.6 Å². The van der Waals surface area contributed by atoms with Gasteiger partial charge in [0.05, 0.1) is 18.2 Å². The third-order valence-electron chi connectivity index (χ3n) is 4.55. The molecule has 1 N–H and O–H groups in total. The van der Waals surface area contributed by atoms with Gasteiger partial charge in [-0.1, -0.05) is 0 Å². The second kappa shape index (κ2) is 8.40. The van der Waals surface area contributed by atoms with Gasteiger partial charge in [0, 0.05) is 32.4 Å². The summed E-state index contributed by atoms with van der Waals surface area (Å²) in [5.74, 6) is 0.204. The lowest BCUT2D eigenvalue weighted by Gasteiger charge is -2.14. The Morgan fingerprint density at radius 2 is 1.93 bits per heavy atom. The van der Waals surface area contributed by atoms with Crippen molar-refractivity contribution in [3.8, 4) is 11.6 Å². The summed E-state index contributed by atoms with van der Waals surface area (Å²) in [6, 6.07) is 6.79. The SMILES string of the molecule is COc1ccc(C(=O)N(C)C)cc1NC(=O)COc1nn(C)c2nc(C)cc(C)c12. The molecule has 9 heteroatoms. The number of anilines is 1. The van der Waals surface area contributed by atoms with Crippen molar-refractivity contribution >= 4 is 28.5 Å². The lowest BCUT2D eigenvalue weighted by molar-refractivity contribution is -0.118. The highest BCUT2D eigenvalue weighted by atomic mass is 16.5. The number of benzene rings is 1. The molecule has 0 fully saturated rings. The summed E-state index contributed by atoms with van der Waals surface area (Å²) in [5, 5.41) is 7.84. The largest absolute Gasteiger partial charge is 0.495 e. The lowest BCUT2D eigenvalue weighted by atomic mass is 10.1. The highest BCUT2D eigenvalue weighted by Gasteiger charge is 2.17. The summed E-state index contributed by atoms with van der Waals surface area (Å²) in [5.41, 5.74) is 3.37. The van der Waals surface area contributed by atoms with E-state index in [1.54, 1.807) is 44.0 Å². The van der Waals surface area contributed by atoms with Crippen molar-refractivity contribution < 1.29 is 19.1 Å². The number of fused-ring (bicyclic) bond motifs is 1. The molecule has 0 unspecified atom stereocenters. The van der Waals surface area contributed by atoms with Crippen LogP contribution < -0.4 is 14.8 Å². The minimum atomic E-state index is -0.403. The number of nitrogens with zero attached hydrogens (tertiary/aromatic N) is 4. The average molecular weight is 411 g/mol. The summed E-state index contributed by atoms with van der Waals surface area (Å²) in [6.45, 7) is 3.61. The van der Waals surface area contributed by atoms with Gasteiger partial charge in [-0.05, 0) is 43.7 Å². The molecular weight excluding hydrogens is 386 g/mol. The van der Waals surface area contributed by atoms with Gasteiger partial charge in [0.15, 0.2) is 12.3 Å². The quantitative estimate of drug-likeness (QED) is 0.668. The van der Waals surface area contributed by atoms with Crippen molar-refractivity contribution in [3.63, 3.8) is 0 Å². The zero-order valence-corrected chi connectivity index (χ0v) is 17.9. The first-order chi connectivity index (χ1) is 14.2. The number of aryl methyl sites for hydroxylation is 3. The summed E-state index contributed by atoms with van der Waals surface area (Å²) in [4.78, 5) is 30.7. The Morgan fingerprint density at radius 3 is 2.60 bits per heavy atom. The molecule has 2 aromatic heterocycles. The molecule has 0 spiro atoms. The molecule has 3 rings (SSSR count). The topological polar surface area (TPSA) is 98.6 Å². The number of ether oxygens (including phenoxy) is 2. The summed E-state index contributed by atoms with van der Waals surface area (Å²) in [6.07, 6.45) is 0. The van der Waals surface area contributed by atoms with Crippen LogP contribution in [-0.2, 0) is 11.8 Å². The van der Waals surface area contributed by atoms with E-state index in [0.717, 1.165) is 16.6 Å². The molecule has 0 bridgehead atoms. The van der Waals surface area contributed by atoms with Gasteiger partial charge in [0.25, 0.3) is 11.8 Å². The van der Waals surface area contributed by atoms with E-state index in [9.17, 15) is 9.59 Å². The van der Waals surface area contributed by atoms with Gasteiger partial charge in [0.2, 0.25) is 5.88 Å². The first kappa shape index (κ1) is 21.1. The van der Waals surface area contributed by atoms with E-state index >= 15 is 0 Å². The number of pyridine rings is 1. The van der Waals surface area contributed by atoms with Crippen LogP contribution in [-0.4, -0.2) is 59.3 Å². The van der Waals surface area contributed by atoms with Crippen LogP contribution in [0.15, 0.2) is 24.3 Å². The van der Waals surface area contributed by atoms with Crippen molar-refractivity contribution in [2.45, 2.75) is 13.8 Å². The number of carbonyl (C=O) groups is 2. The number of rotatable bonds is 6. The van der Waals surface area contributed by atoms with Crippen LogP contribution in [0, 0.1) is 13.8 Å². The minimum Gasteiger partial charge on any atom is -0.495 e. The van der Waals surface area contributed by atoms with Crippen LogP contribution in [0.5, 0.6) is 11.6 Å². The number of nitrogens with one attached hydrogen (secondary N) is 1. The Bertz CT molecular complexity index is 1120. The zero-order valence-electron chi connectivity index (χ0n) is 17.9. The lowest BCUT2D eigenvalue weighted by Crippen LogP contribution is -2.23. The van der Waals surface area contributed by atoms with Gasteiger partial charge in [-0.2, -0.15) is 0 Å². The van der Waals surface area contributed by atoms with E-state index in [1.165, 1.54) is 12.0 Å². The predicted molar refractivity (Wildman–Crippen MR) is 113 cm³/mol. The fourth-order valence-electron chi connectivity index (χ4n) is 3.17. The molecule has 0 saturated heterocycles. The predicted octanol–water partition coefficient (Wildman–Crippen LogP) is 2.31. The zero-order chi connectivity index (χ0) is 22.0. The molecule has 9 nitrogen and oxygen atoms in total. The Hall–Kier alpha value is -3.62. The normalized spacial score (nSPS) is 10.7. The molecule has 158 valence electrons. The Balaban J connectivity index is 1.78. The van der Waals surface area contributed by atoms with E-state index in [1.807, 2.05) is 19.9 Å². The molecule has 0 aliphatic rings. The van der Waals surface area contributed by atoms with E-state index in [0.29, 0.717) is 28.5 Å². The second-order valence-corrected chi connectivity index (χ2v) is 7.16. The summed E-state index contributed by atoms with van der Waals surface area (Å²) in [7, 11) is 6.59. The number of carbonyl (C=O) groups excluding carboxylic acids is 2. The monoisotopic (exact) mass is 411 g/mol. The maximum absolute atomic E-state index is 12.5. The van der Waals surface area contributed by atoms with E-state index in [-0.39, 0.29) is 12.5 Å². The van der Waals surface area contributed by atoms with Crippen molar-refractivity contribution in [2.24, 2.45) is 7.05 Å². The van der Waals surface area contributed by atoms with Crippen LogP contribution in [0.3, 0.4) is 0 Å². The van der Waals surface area contributed by atoms with Crippen LogP contribution in [0.4, 0.5) is 5.69 Å². The van der Waals surface area contributed by atoms with E-state index < -0.39 is 5.91 Å². The van der Waals surface area contributed by atoms with E-state index in [4.69, 9.17) is 9.47 Å². The van der Waals surface area contributed by atoms with Crippen molar-refractivity contribution in [2.75, 3.05) is 33.1 Å². The van der Waals surface area contributed by atoms with Gasteiger partial charge in [-0.3, -0.25) is 9.59 Å². The standard InChI is InChI=1S/C21H25N5O4/c1-12-9-13(2)22-19-18(12)20(24-26(19)5)30-11-17(27)23-15-10-14(21(28)25(3)4)7-8-16(15)29-6/h7-10H,11H2,1-6H3,(H,23,27). The van der Waals surface area contributed by atoms with Gasteiger partial charge in [-0.15, -0.1) is 5.10 Å². The number of aromatic nitrogens is 3. The van der Waals surface area contributed by atoms with Crippen molar-refractivity contribution in [1.29, 1.82) is 0 Å². The molecule has 1 aromatic carbocycles. The van der Waals surface area contributed by atoms with Crippen molar-refractivity contribution in [3.05, 3.63) is 41.1 Å². The molecule has 0 atom stereocenters. The van der Waals surface area contributed by atoms with Crippen molar-refractivity contribution in [1.82, 2.24) is 19.7 Å². The molecule has 0 saturated carbocycles. The van der Waals surface area contributed by atoms with Crippen LogP contribution in [0.25, 0.3) is 11.0 Å². The maximum Gasteiger partial charge on any atom is 0.262 e. The molecule has 2 heterocycles. The third-order valence-corrected chi connectivity index (χ3v) is 4.55. The van der Waals surface area contributed by atoms with Crippen LogP contribution >= 0.6 is 0 Å². The Kier molecular flexibility index (Phi) is 5.91. The third kappa shape index (κ3) is 4.19. The van der Waals surface area contributed by atoms with Gasteiger partial charge < -0.3 is 19.7 Å². The smallest absolute Gasteiger partial charge is 0.262 e. The molecule has 0 aliphatic heterocycles. The highest BCUT2D eigenvalue weighted by molar-refractivity contribution is 5.98. The fourth-order valence-corrected chi connectivity index (χ4v) is 3.17. The maximum atomic E-state index is 12.5. The van der Waals surface area contributed by atoms with Gasteiger partial charge in [-0.25, -0.2) is 9.67 Å². The second-order valence-electron chi connectivity index (χ2n) is 7.16. The fraction of sp³-hybridized carbons (Fsp3) is 0.333. The molecule has 30 heavy (non-hydrogen) atoms. The molecular formula is C21H25N5O4. The molecule has 0 aliphatic carbocycles. The van der Waals surface area contributed by atoms with E-state index in [2.05, 4.69) is 15.4 Å². The highest BCUT2D eigenvalue weighted by Crippen LogP contribution is 2.28. The molecule has 2 amide bonds. The Labute approximate surface area is 174 Å². The average Bonchev–Trinajstić information content (AvgIpc) is 3.01. The van der Waals surface area contributed by atoms with Crippen LogP contribution in [0.2, 0.25) is 0 Å². The number of amides is 2. The molecule has 0 radical (unpaired) electrons. The number of methoxy groups -OCH3 is 1. The number of hydrogen-bond donors (Lipinski definition) is 1. The van der Waals surface area contributed by atoms with Gasteiger partial charge in [0.1, 0.15) is 5.75 Å². The summed E-state index contributed by atoms with van der Waals surface area (Å²) >= 11 is 0.